The molecule has 0 bridgehead atoms. The Kier molecular flexibility index (Phi) is 5.83. The van der Waals surface area contributed by atoms with Crippen LogP contribution in [0.25, 0.3) is 10.9 Å². The van der Waals surface area contributed by atoms with Gasteiger partial charge in [-0.2, -0.15) is 0 Å². The van der Waals surface area contributed by atoms with E-state index in [0.717, 1.165) is 16.7 Å². The molecule has 31 heavy (non-hydrogen) atoms. The molecule has 0 aliphatic heterocycles. The van der Waals surface area contributed by atoms with E-state index in [1.165, 1.54) is 23.0 Å². The van der Waals surface area contributed by atoms with E-state index in [2.05, 4.69) is 16.8 Å². The van der Waals surface area contributed by atoms with Crippen LogP contribution in [-0.2, 0) is 13.0 Å². The van der Waals surface area contributed by atoms with Crippen LogP contribution in [-0.4, -0.2) is 20.6 Å². The number of carbonyl (C=O) groups is 1. The lowest BCUT2D eigenvalue weighted by molar-refractivity contribution is 0.0697. The maximum Gasteiger partial charge on any atom is 0.335 e. The molecule has 0 saturated carbocycles. The first-order valence-corrected chi connectivity index (χ1v) is 9.92. The molecule has 4 rings (SSSR count). The van der Waals surface area contributed by atoms with E-state index in [0.29, 0.717) is 28.9 Å². The third kappa shape index (κ3) is 4.82. The summed E-state index contributed by atoms with van der Waals surface area (Å²) in [6.07, 6.45) is 2.08. The number of rotatable bonds is 4. The first kappa shape index (κ1) is 20.4. The van der Waals surface area contributed by atoms with E-state index in [-0.39, 0.29) is 11.1 Å². The molecule has 0 atom stereocenters. The second-order valence-electron chi connectivity index (χ2n) is 7.02. The molecule has 3 aromatic carbocycles. The Morgan fingerprint density at radius 3 is 2.42 bits per heavy atom. The van der Waals surface area contributed by atoms with Gasteiger partial charge in [0.2, 0.25) is 0 Å². The number of benzene rings is 3. The van der Waals surface area contributed by atoms with Crippen LogP contribution < -0.4 is 5.56 Å². The molecule has 0 amide bonds. The van der Waals surface area contributed by atoms with Gasteiger partial charge in [-0.05, 0) is 53.6 Å². The zero-order chi connectivity index (χ0) is 21.8. The van der Waals surface area contributed by atoms with E-state index in [1.807, 2.05) is 30.3 Å². The summed E-state index contributed by atoms with van der Waals surface area (Å²) in [7, 11) is 0. The standard InChI is InChI=1S/C25H17ClN2O3/c26-21-11-6-17(7-12-21)2-1-3-18-8-13-23-22(14-18)24(29)28(16-27-23)15-19-4-9-20(10-5-19)25(30)31/h4-14,16H,2,15H2,(H,30,31). The molecule has 152 valence electrons. The fraction of sp³-hybridized carbons (Fsp3) is 0.0800. The Labute approximate surface area is 183 Å². The first-order valence-electron chi connectivity index (χ1n) is 9.54. The number of aromatic nitrogens is 2. The molecular formula is C25H17ClN2O3. The van der Waals surface area contributed by atoms with E-state index in [4.69, 9.17) is 16.7 Å². The Balaban J connectivity index is 1.58. The van der Waals surface area contributed by atoms with Gasteiger partial charge in [-0.25, -0.2) is 9.78 Å². The largest absolute Gasteiger partial charge is 0.478 e. The predicted molar refractivity (Wildman–Crippen MR) is 121 cm³/mol. The number of nitrogens with zero attached hydrogens (tertiary/aromatic N) is 2. The van der Waals surface area contributed by atoms with Crippen LogP contribution in [0.15, 0.2) is 77.9 Å². The van der Waals surface area contributed by atoms with Crippen molar-refractivity contribution in [2.45, 2.75) is 13.0 Å². The Bertz CT molecular complexity index is 1380. The Morgan fingerprint density at radius 1 is 1.00 bits per heavy atom. The number of aromatic carboxylic acids is 1. The molecule has 0 saturated heterocycles. The van der Waals surface area contributed by atoms with Crippen molar-refractivity contribution in [3.8, 4) is 11.8 Å². The fourth-order valence-electron chi connectivity index (χ4n) is 3.15. The molecule has 0 radical (unpaired) electrons. The van der Waals surface area contributed by atoms with Gasteiger partial charge >= 0.3 is 5.97 Å². The summed E-state index contributed by atoms with van der Waals surface area (Å²) < 4.78 is 1.50. The minimum absolute atomic E-state index is 0.173. The zero-order valence-electron chi connectivity index (χ0n) is 16.4. The van der Waals surface area contributed by atoms with Gasteiger partial charge in [0.05, 0.1) is 29.3 Å². The summed E-state index contributed by atoms with van der Waals surface area (Å²) in [4.78, 5) is 28.3. The molecule has 0 aliphatic rings. The molecule has 0 unspecified atom stereocenters. The van der Waals surface area contributed by atoms with Gasteiger partial charge in [0.1, 0.15) is 0 Å². The van der Waals surface area contributed by atoms with Crippen LogP contribution in [0.3, 0.4) is 0 Å². The van der Waals surface area contributed by atoms with Crippen LogP contribution in [0.4, 0.5) is 0 Å². The van der Waals surface area contributed by atoms with Crippen molar-refractivity contribution in [3.05, 3.63) is 111 Å². The summed E-state index contributed by atoms with van der Waals surface area (Å²) in [5, 5.41) is 10.2. The minimum Gasteiger partial charge on any atom is -0.478 e. The molecule has 0 fully saturated rings. The van der Waals surface area contributed by atoms with Crippen molar-refractivity contribution in [1.29, 1.82) is 0 Å². The second-order valence-corrected chi connectivity index (χ2v) is 7.45. The number of hydrogen-bond donors (Lipinski definition) is 1. The third-order valence-corrected chi connectivity index (χ3v) is 5.07. The zero-order valence-corrected chi connectivity index (χ0v) is 17.1. The monoisotopic (exact) mass is 428 g/mol. The summed E-state index contributed by atoms with van der Waals surface area (Å²) in [5.41, 5.74) is 3.25. The fourth-order valence-corrected chi connectivity index (χ4v) is 3.28. The number of fused-ring (bicyclic) bond motifs is 1. The molecule has 1 heterocycles. The van der Waals surface area contributed by atoms with E-state index in [9.17, 15) is 9.59 Å². The number of hydrogen-bond acceptors (Lipinski definition) is 3. The van der Waals surface area contributed by atoms with Gasteiger partial charge in [0.25, 0.3) is 5.56 Å². The highest BCUT2D eigenvalue weighted by Gasteiger charge is 2.07. The van der Waals surface area contributed by atoms with Crippen molar-refractivity contribution >= 4 is 28.5 Å². The van der Waals surface area contributed by atoms with Crippen molar-refractivity contribution in [2.24, 2.45) is 0 Å². The highest BCUT2D eigenvalue weighted by Crippen LogP contribution is 2.12. The first-order chi connectivity index (χ1) is 15.0. The predicted octanol–water partition coefficient (Wildman–Crippen LogP) is 4.39. The summed E-state index contributed by atoms with van der Waals surface area (Å²) in [5.74, 6) is 5.23. The van der Waals surface area contributed by atoms with Gasteiger partial charge in [-0.1, -0.05) is 47.7 Å². The number of halogens is 1. The van der Waals surface area contributed by atoms with E-state index < -0.39 is 5.97 Å². The minimum atomic E-state index is -0.985. The van der Waals surface area contributed by atoms with Crippen molar-refractivity contribution in [2.75, 3.05) is 0 Å². The smallest absolute Gasteiger partial charge is 0.335 e. The van der Waals surface area contributed by atoms with Crippen LogP contribution in [0.1, 0.15) is 27.0 Å². The van der Waals surface area contributed by atoms with Gasteiger partial charge in [-0.3, -0.25) is 9.36 Å². The second kappa shape index (κ2) is 8.86. The molecule has 5 nitrogen and oxygen atoms in total. The molecular weight excluding hydrogens is 412 g/mol. The van der Waals surface area contributed by atoms with Gasteiger partial charge in [0.15, 0.2) is 0 Å². The van der Waals surface area contributed by atoms with Crippen LogP contribution in [0, 0.1) is 11.8 Å². The van der Waals surface area contributed by atoms with E-state index >= 15 is 0 Å². The summed E-state index contributed by atoms with van der Waals surface area (Å²) in [6, 6.07) is 19.3. The lowest BCUT2D eigenvalue weighted by Crippen LogP contribution is -2.21. The highest BCUT2D eigenvalue weighted by molar-refractivity contribution is 6.30. The van der Waals surface area contributed by atoms with Crippen molar-refractivity contribution in [3.63, 3.8) is 0 Å². The molecule has 6 heteroatoms. The van der Waals surface area contributed by atoms with Crippen molar-refractivity contribution in [1.82, 2.24) is 9.55 Å². The normalized spacial score (nSPS) is 10.5. The average molecular weight is 429 g/mol. The van der Waals surface area contributed by atoms with Gasteiger partial charge in [0, 0.05) is 17.0 Å². The highest BCUT2D eigenvalue weighted by atomic mass is 35.5. The molecule has 4 aromatic rings. The third-order valence-electron chi connectivity index (χ3n) is 4.82. The molecule has 1 aromatic heterocycles. The molecule has 0 aliphatic carbocycles. The molecule has 1 N–H and O–H groups in total. The summed E-state index contributed by atoms with van der Waals surface area (Å²) >= 11 is 5.90. The maximum atomic E-state index is 13.0. The van der Waals surface area contributed by atoms with E-state index in [1.54, 1.807) is 24.3 Å². The number of carboxylic acids is 1. The van der Waals surface area contributed by atoms with Crippen LogP contribution in [0.5, 0.6) is 0 Å². The Hall–Kier alpha value is -3.88. The SMILES string of the molecule is O=C(O)c1ccc(Cn2cnc3ccc(C#CCc4ccc(Cl)cc4)cc3c2=O)cc1. The maximum absolute atomic E-state index is 13.0. The quantitative estimate of drug-likeness (QED) is 0.489. The lowest BCUT2D eigenvalue weighted by atomic mass is 10.1. The summed E-state index contributed by atoms with van der Waals surface area (Å²) in [6.45, 7) is 0.300. The average Bonchev–Trinajstić information content (AvgIpc) is 2.78. The van der Waals surface area contributed by atoms with Crippen LogP contribution in [0.2, 0.25) is 5.02 Å². The van der Waals surface area contributed by atoms with Gasteiger partial charge in [-0.15, -0.1) is 0 Å². The Morgan fingerprint density at radius 2 is 1.71 bits per heavy atom. The van der Waals surface area contributed by atoms with Crippen molar-refractivity contribution < 1.29 is 9.90 Å². The van der Waals surface area contributed by atoms with Gasteiger partial charge < -0.3 is 5.11 Å². The van der Waals surface area contributed by atoms with Crippen LogP contribution >= 0.6 is 11.6 Å². The molecule has 0 spiro atoms. The number of carboxylic acid groups (broad SMARTS) is 1. The topological polar surface area (TPSA) is 72.2 Å². The lowest BCUT2D eigenvalue weighted by Gasteiger charge is -2.07.